The molecule has 1 aromatic heterocycles. The molecule has 1 atom stereocenters. The summed E-state index contributed by atoms with van der Waals surface area (Å²) in [6.07, 6.45) is 1.63. The summed E-state index contributed by atoms with van der Waals surface area (Å²) in [6.45, 7) is 4.27. The number of carbonyl (C=O) groups is 1. The van der Waals surface area contributed by atoms with Gasteiger partial charge in [-0.25, -0.2) is 4.98 Å². The molecule has 0 saturated heterocycles. The van der Waals surface area contributed by atoms with E-state index in [2.05, 4.69) is 9.97 Å². The van der Waals surface area contributed by atoms with E-state index in [1.165, 1.54) is 0 Å². The summed E-state index contributed by atoms with van der Waals surface area (Å²) < 4.78 is 0. The van der Waals surface area contributed by atoms with Crippen LogP contribution in [0.3, 0.4) is 0 Å². The van der Waals surface area contributed by atoms with Gasteiger partial charge in [0.05, 0.1) is 23.2 Å². The van der Waals surface area contributed by atoms with Crippen molar-refractivity contribution in [2.24, 2.45) is 0 Å². The van der Waals surface area contributed by atoms with Gasteiger partial charge in [0.15, 0.2) is 0 Å². The van der Waals surface area contributed by atoms with Gasteiger partial charge < -0.3 is 10.0 Å². The number of amides is 1. The van der Waals surface area contributed by atoms with Gasteiger partial charge in [0.1, 0.15) is 0 Å². The second-order valence-corrected chi connectivity index (χ2v) is 6.97. The van der Waals surface area contributed by atoms with Crippen LogP contribution in [0.5, 0.6) is 0 Å². The number of carbonyl (C=O) groups excluding carboxylic acids is 1. The van der Waals surface area contributed by atoms with Crippen molar-refractivity contribution >= 4 is 5.91 Å². The van der Waals surface area contributed by atoms with Gasteiger partial charge in [0, 0.05) is 30.9 Å². The van der Waals surface area contributed by atoms with E-state index < -0.39 is 6.10 Å². The average molecular weight is 375 g/mol. The molecule has 1 heterocycles. The van der Waals surface area contributed by atoms with Gasteiger partial charge in [-0.1, -0.05) is 42.5 Å². The Kier molecular flexibility index (Phi) is 6.16. The molecule has 3 aromatic rings. The summed E-state index contributed by atoms with van der Waals surface area (Å²) in [5, 5.41) is 10.3. The number of aliphatic hydroxyl groups is 1. The fraction of sp³-hybridized carbons (Fsp3) is 0.261. The van der Waals surface area contributed by atoms with Crippen LogP contribution in [0.2, 0.25) is 0 Å². The first-order valence-electron chi connectivity index (χ1n) is 9.35. The highest BCUT2D eigenvalue weighted by molar-refractivity contribution is 5.95. The van der Waals surface area contributed by atoms with Crippen LogP contribution in [0.15, 0.2) is 60.8 Å². The number of aliphatic hydroxyl groups excluding tert-OH is 1. The molecule has 0 saturated carbocycles. The van der Waals surface area contributed by atoms with Crippen LogP contribution in [-0.4, -0.2) is 39.5 Å². The Balaban J connectivity index is 1.71. The maximum Gasteiger partial charge on any atom is 0.253 e. The lowest BCUT2D eigenvalue weighted by Gasteiger charge is -2.20. The maximum atomic E-state index is 12.8. The molecule has 5 nitrogen and oxygen atoms in total. The summed E-state index contributed by atoms with van der Waals surface area (Å²) in [6, 6.07) is 16.9. The molecule has 0 spiro atoms. The first-order valence-corrected chi connectivity index (χ1v) is 9.35. The second-order valence-electron chi connectivity index (χ2n) is 6.97. The van der Waals surface area contributed by atoms with Gasteiger partial charge in [-0.15, -0.1) is 0 Å². The number of hydrogen-bond donors (Lipinski definition) is 1. The Morgan fingerprint density at radius 3 is 2.61 bits per heavy atom. The summed E-state index contributed by atoms with van der Waals surface area (Å²) in [5.74, 6) is -0.0830. The number of rotatable bonds is 6. The molecule has 0 radical (unpaired) electrons. The van der Waals surface area contributed by atoms with E-state index in [-0.39, 0.29) is 5.91 Å². The standard InChI is InChI=1S/C23H25N3O2/c1-16-15-24-17(2)22(25-16)19-10-7-11-20(14-19)23(28)26(3)13-12-21(27)18-8-5-4-6-9-18/h4-11,14-15,21,27H,12-13H2,1-3H3. The molecule has 0 aliphatic carbocycles. The zero-order chi connectivity index (χ0) is 20.1. The molecule has 144 valence electrons. The lowest BCUT2D eigenvalue weighted by atomic mass is 10.0. The van der Waals surface area contributed by atoms with Crippen molar-refractivity contribution in [3.05, 3.63) is 83.3 Å². The Bertz CT molecular complexity index is 957. The minimum absolute atomic E-state index is 0.0830. The van der Waals surface area contributed by atoms with Crippen molar-refractivity contribution in [2.75, 3.05) is 13.6 Å². The molecule has 1 N–H and O–H groups in total. The van der Waals surface area contributed by atoms with Gasteiger partial charge in [-0.2, -0.15) is 0 Å². The number of nitrogens with zero attached hydrogens (tertiary/aromatic N) is 3. The molecule has 28 heavy (non-hydrogen) atoms. The van der Waals surface area contributed by atoms with Crippen LogP contribution < -0.4 is 0 Å². The molecule has 1 amide bonds. The summed E-state index contributed by atoms with van der Waals surface area (Å²) in [4.78, 5) is 23.4. The third-order valence-corrected chi connectivity index (χ3v) is 4.73. The minimum atomic E-state index is -0.590. The van der Waals surface area contributed by atoms with Gasteiger partial charge >= 0.3 is 0 Å². The largest absolute Gasteiger partial charge is 0.388 e. The zero-order valence-corrected chi connectivity index (χ0v) is 16.5. The lowest BCUT2D eigenvalue weighted by molar-refractivity contribution is 0.0761. The van der Waals surface area contributed by atoms with Crippen LogP contribution in [0, 0.1) is 13.8 Å². The van der Waals surface area contributed by atoms with Crippen LogP contribution in [-0.2, 0) is 0 Å². The quantitative estimate of drug-likeness (QED) is 0.708. The van der Waals surface area contributed by atoms with Crippen molar-refractivity contribution in [1.29, 1.82) is 0 Å². The number of aryl methyl sites for hydroxylation is 2. The molecular formula is C23H25N3O2. The van der Waals surface area contributed by atoms with Gasteiger partial charge in [0.2, 0.25) is 0 Å². The highest BCUT2D eigenvalue weighted by atomic mass is 16.3. The van der Waals surface area contributed by atoms with Crippen LogP contribution >= 0.6 is 0 Å². The van der Waals surface area contributed by atoms with E-state index in [0.717, 1.165) is 28.2 Å². The fourth-order valence-corrected chi connectivity index (χ4v) is 3.09. The highest BCUT2D eigenvalue weighted by Gasteiger charge is 2.16. The van der Waals surface area contributed by atoms with Gasteiger partial charge in [-0.05, 0) is 38.0 Å². The summed E-state index contributed by atoms with van der Waals surface area (Å²) >= 11 is 0. The first-order chi connectivity index (χ1) is 13.5. The van der Waals surface area contributed by atoms with Crippen LogP contribution in [0.1, 0.15) is 39.8 Å². The lowest BCUT2D eigenvalue weighted by Crippen LogP contribution is -2.28. The van der Waals surface area contributed by atoms with E-state index in [9.17, 15) is 9.90 Å². The molecule has 5 heteroatoms. The fourth-order valence-electron chi connectivity index (χ4n) is 3.09. The zero-order valence-electron chi connectivity index (χ0n) is 16.5. The topological polar surface area (TPSA) is 66.3 Å². The van der Waals surface area contributed by atoms with Crippen LogP contribution in [0.4, 0.5) is 0 Å². The predicted molar refractivity (Wildman–Crippen MR) is 110 cm³/mol. The Hall–Kier alpha value is -3.05. The number of hydrogen-bond acceptors (Lipinski definition) is 4. The van der Waals surface area contributed by atoms with Crippen molar-refractivity contribution in [2.45, 2.75) is 26.4 Å². The minimum Gasteiger partial charge on any atom is -0.388 e. The van der Waals surface area contributed by atoms with E-state index in [1.807, 2.05) is 62.4 Å². The molecule has 0 aliphatic rings. The monoisotopic (exact) mass is 375 g/mol. The van der Waals surface area contributed by atoms with E-state index in [4.69, 9.17) is 0 Å². The second kappa shape index (κ2) is 8.76. The summed E-state index contributed by atoms with van der Waals surface area (Å²) in [5.41, 5.74) is 4.78. The number of aromatic nitrogens is 2. The molecule has 0 bridgehead atoms. The van der Waals surface area contributed by atoms with Crippen molar-refractivity contribution in [1.82, 2.24) is 14.9 Å². The first kappa shape index (κ1) is 19.7. The van der Waals surface area contributed by atoms with Gasteiger partial charge in [0.25, 0.3) is 5.91 Å². The smallest absolute Gasteiger partial charge is 0.253 e. The van der Waals surface area contributed by atoms with Crippen molar-refractivity contribution in [3.63, 3.8) is 0 Å². The van der Waals surface area contributed by atoms with Crippen molar-refractivity contribution < 1.29 is 9.90 Å². The third-order valence-electron chi connectivity index (χ3n) is 4.73. The SMILES string of the molecule is Cc1cnc(C)c(-c2cccc(C(=O)N(C)CCC(O)c3ccccc3)c2)n1. The molecule has 0 fully saturated rings. The van der Waals surface area contributed by atoms with Gasteiger partial charge in [-0.3, -0.25) is 9.78 Å². The van der Waals surface area contributed by atoms with E-state index in [0.29, 0.717) is 18.5 Å². The Morgan fingerprint density at radius 2 is 1.86 bits per heavy atom. The number of benzene rings is 2. The Labute approximate surface area is 165 Å². The highest BCUT2D eigenvalue weighted by Crippen LogP contribution is 2.22. The van der Waals surface area contributed by atoms with Crippen molar-refractivity contribution in [3.8, 4) is 11.3 Å². The molecule has 0 aliphatic heterocycles. The molecule has 3 rings (SSSR count). The predicted octanol–water partition coefficient (Wildman–Crippen LogP) is 3.96. The maximum absolute atomic E-state index is 12.8. The molecule has 2 aromatic carbocycles. The molecule has 1 unspecified atom stereocenters. The third kappa shape index (κ3) is 4.61. The van der Waals surface area contributed by atoms with E-state index in [1.54, 1.807) is 24.2 Å². The Morgan fingerprint density at radius 1 is 1.11 bits per heavy atom. The normalized spacial score (nSPS) is 11.9. The van der Waals surface area contributed by atoms with Crippen LogP contribution in [0.25, 0.3) is 11.3 Å². The van der Waals surface area contributed by atoms with E-state index >= 15 is 0 Å². The summed E-state index contributed by atoms with van der Waals surface area (Å²) in [7, 11) is 1.75. The molecular weight excluding hydrogens is 350 g/mol. The average Bonchev–Trinajstić information content (AvgIpc) is 2.73.